The van der Waals surface area contributed by atoms with Gasteiger partial charge in [0.15, 0.2) is 5.96 Å². The number of rotatable bonds is 5. The zero-order valence-electron chi connectivity index (χ0n) is 13.4. The smallest absolute Gasteiger partial charge is 0.370 e. The molecule has 0 bridgehead atoms. The average Bonchev–Trinajstić information content (AvgIpc) is 3.27. The van der Waals surface area contributed by atoms with Crippen molar-refractivity contribution in [3.8, 4) is 0 Å². The third kappa shape index (κ3) is 4.74. The van der Waals surface area contributed by atoms with E-state index in [0.29, 0.717) is 18.1 Å². The van der Waals surface area contributed by atoms with Gasteiger partial charge in [0.2, 0.25) is 0 Å². The highest BCUT2D eigenvalue weighted by Crippen LogP contribution is 2.49. The minimum absolute atomic E-state index is 0. The summed E-state index contributed by atoms with van der Waals surface area (Å²) in [5, 5.41) is 0. The molecule has 0 spiro atoms. The number of benzene rings is 1. The Morgan fingerprint density at radius 2 is 1.87 bits per heavy atom. The van der Waals surface area contributed by atoms with Crippen LogP contribution in [0.25, 0.3) is 0 Å². The summed E-state index contributed by atoms with van der Waals surface area (Å²) >= 11 is 0. The summed E-state index contributed by atoms with van der Waals surface area (Å²) in [6.07, 6.45) is -2.61. The lowest BCUT2D eigenvalue weighted by Crippen LogP contribution is -2.37. The van der Waals surface area contributed by atoms with Gasteiger partial charge in [-0.05, 0) is 38.3 Å². The molecule has 1 saturated carbocycles. The molecule has 2 N–H and O–H groups in total. The van der Waals surface area contributed by atoms with Crippen LogP contribution in [0.3, 0.4) is 0 Å². The predicted octanol–water partition coefficient (Wildman–Crippen LogP) is 4.01. The molecule has 0 amide bonds. The largest absolute Gasteiger partial charge is 0.416 e. The standard InChI is InChI=1S/C16H22F3N3.HI/c1-3-22(4-2)14(20)21-11-15(8-9-15)12-6-5-7-13(10-12)16(17,18)19;/h5-7,10H,3-4,8-9,11H2,1-2H3,(H2,20,21);1H. The van der Waals surface area contributed by atoms with E-state index in [4.69, 9.17) is 5.73 Å². The second-order valence-corrected chi connectivity index (χ2v) is 5.71. The molecule has 1 fully saturated rings. The van der Waals surface area contributed by atoms with Crippen molar-refractivity contribution in [3.63, 3.8) is 0 Å². The fourth-order valence-electron chi connectivity index (χ4n) is 2.59. The minimum atomic E-state index is -4.31. The maximum Gasteiger partial charge on any atom is 0.416 e. The Bertz CT molecular complexity index is 550. The number of alkyl halides is 3. The van der Waals surface area contributed by atoms with Gasteiger partial charge in [0.1, 0.15) is 0 Å². The third-order valence-corrected chi connectivity index (χ3v) is 4.29. The number of halogens is 4. The SMILES string of the molecule is CCN(CC)C(N)=NCC1(c2cccc(C(F)(F)F)c2)CC1.I. The van der Waals surface area contributed by atoms with Gasteiger partial charge in [-0.1, -0.05) is 18.2 Å². The van der Waals surface area contributed by atoms with E-state index >= 15 is 0 Å². The number of aliphatic imine (C=N–C) groups is 1. The Kier molecular flexibility index (Phi) is 6.73. The van der Waals surface area contributed by atoms with E-state index in [2.05, 4.69) is 4.99 Å². The topological polar surface area (TPSA) is 41.6 Å². The zero-order valence-corrected chi connectivity index (χ0v) is 15.7. The van der Waals surface area contributed by atoms with E-state index in [1.165, 1.54) is 12.1 Å². The van der Waals surface area contributed by atoms with E-state index < -0.39 is 11.7 Å². The Morgan fingerprint density at radius 3 is 2.35 bits per heavy atom. The van der Waals surface area contributed by atoms with Gasteiger partial charge in [-0.3, -0.25) is 4.99 Å². The van der Waals surface area contributed by atoms with Crippen molar-refractivity contribution in [3.05, 3.63) is 35.4 Å². The highest BCUT2D eigenvalue weighted by atomic mass is 127. The predicted molar refractivity (Wildman–Crippen MR) is 97.2 cm³/mol. The van der Waals surface area contributed by atoms with Crippen LogP contribution < -0.4 is 5.73 Å². The van der Waals surface area contributed by atoms with Crippen molar-refractivity contribution in [2.24, 2.45) is 10.7 Å². The van der Waals surface area contributed by atoms with Gasteiger partial charge in [-0.15, -0.1) is 24.0 Å². The Labute approximate surface area is 152 Å². The Hall–Kier alpha value is -0.990. The van der Waals surface area contributed by atoms with Gasteiger partial charge in [-0.2, -0.15) is 13.2 Å². The van der Waals surface area contributed by atoms with E-state index in [0.717, 1.165) is 32.0 Å². The van der Waals surface area contributed by atoms with Gasteiger partial charge >= 0.3 is 6.18 Å². The fourth-order valence-corrected chi connectivity index (χ4v) is 2.59. The molecule has 23 heavy (non-hydrogen) atoms. The number of nitrogens with zero attached hydrogens (tertiary/aromatic N) is 2. The highest BCUT2D eigenvalue weighted by Gasteiger charge is 2.45. The first kappa shape index (κ1) is 20.1. The third-order valence-electron chi connectivity index (χ3n) is 4.29. The van der Waals surface area contributed by atoms with Crippen LogP contribution in [0.2, 0.25) is 0 Å². The molecule has 2 rings (SSSR count). The van der Waals surface area contributed by atoms with Crippen molar-refractivity contribution in [1.82, 2.24) is 4.90 Å². The fraction of sp³-hybridized carbons (Fsp3) is 0.562. The van der Waals surface area contributed by atoms with Crippen LogP contribution in [0.15, 0.2) is 29.3 Å². The second kappa shape index (κ2) is 7.72. The normalized spacial score (nSPS) is 16.7. The molecule has 1 aromatic rings. The first-order chi connectivity index (χ1) is 10.3. The molecule has 1 aliphatic carbocycles. The highest BCUT2D eigenvalue weighted by molar-refractivity contribution is 14.0. The molecule has 1 aliphatic rings. The molecule has 0 radical (unpaired) electrons. The lowest BCUT2D eigenvalue weighted by Gasteiger charge is -2.21. The summed E-state index contributed by atoms with van der Waals surface area (Å²) in [5.41, 5.74) is 5.78. The number of hydrogen-bond acceptors (Lipinski definition) is 1. The van der Waals surface area contributed by atoms with Crippen LogP contribution in [0.5, 0.6) is 0 Å². The molecule has 0 atom stereocenters. The lowest BCUT2D eigenvalue weighted by molar-refractivity contribution is -0.137. The van der Waals surface area contributed by atoms with Crippen molar-refractivity contribution < 1.29 is 13.2 Å². The van der Waals surface area contributed by atoms with Gasteiger partial charge < -0.3 is 10.6 Å². The summed E-state index contributed by atoms with van der Waals surface area (Å²) in [7, 11) is 0. The number of nitrogens with two attached hydrogens (primary N) is 1. The van der Waals surface area contributed by atoms with Crippen LogP contribution >= 0.6 is 24.0 Å². The maximum absolute atomic E-state index is 12.8. The molecule has 0 saturated heterocycles. The van der Waals surface area contributed by atoms with E-state index in [-0.39, 0.29) is 29.4 Å². The molecule has 130 valence electrons. The van der Waals surface area contributed by atoms with Gasteiger partial charge in [0.25, 0.3) is 0 Å². The van der Waals surface area contributed by atoms with Crippen molar-refractivity contribution in [2.75, 3.05) is 19.6 Å². The molecule has 7 heteroatoms. The summed E-state index contributed by atoms with van der Waals surface area (Å²) in [4.78, 5) is 6.34. The summed E-state index contributed by atoms with van der Waals surface area (Å²) < 4.78 is 38.5. The molecule has 3 nitrogen and oxygen atoms in total. The molecule has 0 unspecified atom stereocenters. The first-order valence-corrected chi connectivity index (χ1v) is 7.55. The summed E-state index contributed by atoms with van der Waals surface area (Å²) in [5.74, 6) is 0.461. The molecule has 0 aromatic heterocycles. The van der Waals surface area contributed by atoms with E-state index in [1.54, 1.807) is 6.07 Å². The van der Waals surface area contributed by atoms with Gasteiger partial charge in [0, 0.05) is 18.5 Å². The van der Waals surface area contributed by atoms with Crippen LogP contribution in [-0.4, -0.2) is 30.5 Å². The van der Waals surface area contributed by atoms with Gasteiger partial charge in [0.05, 0.1) is 12.1 Å². The van der Waals surface area contributed by atoms with Crippen LogP contribution in [-0.2, 0) is 11.6 Å². The molecule has 0 aliphatic heterocycles. The first-order valence-electron chi connectivity index (χ1n) is 7.55. The Balaban J connectivity index is 0.00000264. The Morgan fingerprint density at radius 1 is 1.26 bits per heavy atom. The quantitative estimate of drug-likeness (QED) is 0.426. The molecule has 0 heterocycles. The maximum atomic E-state index is 12.8. The summed E-state index contributed by atoms with van der Waals surface area (Å²) in [6.45, 7) is 5.96. The monoisotopic (exact) mass is 441 g/mol. The molecular formula is C16H23F3IN3. The van der Waals surface area contributed by atoms with Crippen molar-refractivity contribution in [1.29, 1.82) is 0 Å². The summed E-state index contributed by atoms with van der Waals surface area (Å²) in [6, 6.07) is 5.57. The van der Waals surface area contributed by atoms with Gasteiger partial charge in [-0.25, -0.2) is 0 Å². The van der Waals surface area contributed by atoms with Crippen molar-refractivity contribution >= 4 is 29.9 Å². The number of hydrogen-bond donors (Lipinski definition) is 1. The molecular weight excluding hydrogens is 418 g/mol. The van der Waals surface area contributed by atoms with Crippen molar-refractivity contribution in [2.45, 2.75) is 38.3 Å². The second-order valence-electron chi connectivity index (χ2n) is 5.71. The average molecular weight is 441 g/mol. The van der Waals surface area contributed by atoms with Crippen LogP contribution in [0, 0.1) is 0 Å². The van der Waals surface area contributed by atoms with E-state index in [9.17, 15) is 13.2 Å². The van der Waals surface area contributed by atoms with Crippen LogP contribution in [0.1, 0.15) is 37.8 Å². The lowest BCUT2D eigenvalue weighted by atomic mass is 9.94. The minimum Gasteiger partial charge on any atom is -0.370 e. The molecule has 1 aromatic carbocycles. The number of guanidine groups is 1. The van der Waals surface area contributed by atoms with E-state index in [1.807, 2.05) is 18.7 Å². The zero-order chi connectivity index (χ0) is 16.4. The van der Waals surface area contributed by atoms with Crippen LogP contribution in [0.4, 0.5) is 13.2 Å².